The molecule has 14 nitrogen and oxygen atoms in total. The predicted molar refractivity (Wildman–Crippen MR) is 253 cm³/mol. The quantitative estimate of drug-likeness (QED) is 0.0342. The second kappa shape index (κ2) is 23.9. The molecule has 1 aliphatic rings. The number of methoxy groups -OCH3 is 2. The van der Waals surface area contributed by atoms with Crippen molar-refractivity contribution >= 4 is 14.5 Å². The molecule has 1 N–H and O–H groups in total. The Morgan fingerprint density at radius 1 is 0.894 bits per heavy atom. The van der Waals surface area contributed by atoms with Crippen molar-refractivity contribution < 1.29 is 37.5 Å². The number of aromatic nitrogens is 2. The van der Waals surface area contributed by atoms with Crippen molar-refractivity contribution in [2.75, 3.05) is 34.0 Å². The van der Waals surface area contributed by atoms with E-state index >= 15 is 0 Å². The average molecular weight is 917 g/mol. The number of esters is 1. The molecule has 1 aliphatic heterocycles. The van der Waals surface area contributed by atoms with Gasteiger partial charge in [-0.2, -0.15) is 5.26 Å². The van der Waals surface area contributed by atoms with E-state index in [4.69, 9.17) is 32.7 Å². The van der Waals surface area contributed by atoms with Crippen LogP contribution in [-0.4, -0.2) is 78.5 Å². The minimum Gasteiger partial charge on any atom is -0.497 e. The average Bonchev–Trinajstić information content (AvgIpc) is 3.70. The molecule has 0 amide bonds. The van der Waals surface area contributed by atoms with Gasteiger partial charge in [0.2, 0.25) is 0 Å². The summed E-state index contributed by atoms with van der Waals surface area (Å²) in [5.74, 6) is 6.73. The lowest BCUT2D eigenvalue weighted by atomic mass is 9.90. The molecule has 66 heavy (non-hydrogen) atoms. The number of carbonyl (C=O) groups is 1. The van der Waals surface area contributed by atoms with Crippen LogP contribution >= 0.6 is 8.53 Å². The van der Waals surface area contributed by atoms with E-state index in [1.165, 1.54) is 10.8 Å². The van der Waals surface area contributed by atoms with E-state index in [-0.39, 0.29) is 63.3 Å². The van der Waals surface area contributed by atoms with Crippen molar-refractivity contribution in [1.82, 2.24) is 14.2 Å². The molecular weight excluding hydrogens is 860 g/mol. The number of nitrogens with zero attached hydrogens (tertiary/aromatic N) is 3. The summed E-state index contributed by atoms with van der Waals surface area (Å²) < 4.78 is 46.0. The number of nitriles is 1. The van der Waals surface area contributed by atoms with E-state index in [1.807, 2.05) is 79.7 Å². The van der Waals surface area contributed by atoms with Crippen molar-refractivity contribution in [1.29, 1.82) is 5.26 Å². The fourth-order valence-electron chi connectivity index (χ4n) is 7.57. The van der Waals surface area contributed by atoms with Crippen LogP contribution in [-0.2, 0) is 29.9 Å². The van der Waals surface area contributed by atoms with Gasteiger partial charge in [-0.05, 0) is 98.8 Å². The van der Waals surface area contributed by atoms with Crippen LogP contribution in [0.1, 0.15) is 80.2 Å². The smallest absolute Gasteiger partial charge is 0.338 e. The maximum Gasteiger partial charge on any atom is 0.338 e. The van der Waals surface area contributed by atoms with Crippen molar-refractivity contribution in [2.45, 2.75) is 91.0 Å². The zero-order valence-electron chi connectivity index (χ0n) is 38.4. The van der Waals surface area contributed by atoms with Crippen LogP contribution in [0.15, 0.2) is 107 Å². The van der Waals surface area contributed by atoms with Crippen LogP contribution in [0.25, 0.3) is 22.3 Å². The van der Waals surface area contributed by atoms with Gasteiger partial charge in [-0.25, -0.2) is 14.3 Å². The third kappa shape index (κ3) is 12.8. The summed E-state index contributed by atoms with van der Waals surface area (Å²) in [6.45, 7) is 10.6. The van der Waals surface area contributed by atoms with E-state index in [0.29, 0.717) is 5.56 Å². The molecule has 4 atom stereocenters. The Bertz CT molecular complexity index is 2600. The highest BCUT2D eigenvalue weighted by Gasteiger charge is 2.42. The molecule has 0 saturated carbocycles. The molecule has 1 fully saturated rings. The van der Waals surface area contributed by atoms with Gasteiger partial charge in [-0.15, -0.1) is 0 Å². The van der Waals surface area contributed by atoms with Crippen LogP contribution < -0.4 is 20.7 Å². The van der Waals surface area contributed by atoms with E-state index in [0.717, 1.165) is 44.9 Å². The molecule has 0 radical (unpaired) electrons. The first-order valence-corrected chi connectivity index (χ1v) is 23.0. The van der Waals surface area contributed by atoms with Crippen LogP contribution in [0.4, 0.5) is 0 Å². The number of ether oxygens (including phenoxy) is 5. The maximum absolute atomic E-state index is 13.5. The third-order valence-corrected chi connectivity index (χ3v) is 12.9. The predicted octanol–water partition coefficient (Wildman–Crippen LogP) is 8.96. The largest absolute Gasteiger partial charge is 0.497 e. The van der Waals surface area contributed by atoms with Gasteiger partial charge >= 0.3 is 11.7 Å². The van der Waals surface area contributed by atoms with Crippen molar-refractivity contribution in [3.8, 4) is 51.7 Å². The molecule has 0 bridgehead atoms. The second-order valence-corrected chi connectivity index (χ2v) is 17.5. The minimum absolute atomic E-state index is 0.0141. The number of carbonyl (C=O) groups excluding carboxylic acids is 1. The summed E-state index contributed by atoms with van der Waals surface area (Å²) in [4.78, 5) is 41.3. The van der Waals surface area contributed by atoms with Gasteiger partial charge in [-0.1, -0.05) is 72.0 Å². The number of hydrogen-bond acceptors (Lipinski definition) is 12. The molecule has 4 unspecified atom stereocenters. The van der Waals surface area contributed by atoms with E-state index < -0.39 is 44.2 Å². The molecule has 5 aromatic rings. The number of H-pyrrole nitrogens is 1. The molecule has 0 spiro atoms. The highest BCUT2D eigenvalue weighted by atomic mass is 31.2. The number of benzene rings is 4. The molecule has 2 heterocycles. The van der Waals surface area contributed by atoms with Gasteiger partial charge < -0.3 is 32.7 Å². The molecule has 15 heteroatoms. The maximum atomic E-state index is 13.5. The van der Waals surface area contributed by atoms with Gasteiger partial charge in [0.05, 0.1) is 58.2 Å². The monoisotopic (exact) mass is 916 g/mol. The summed E-state index contributed by atoms with van der Waals surface area (Å²) in [5.41, 5.74) is 5.05. The summed E-state index contributed by atoms with van der Waals surface area (Å²) in [6.07, 6.45) is -0.273. The Labute approximate surface area is 387 Å². The van der Waals surface area contributed by atoms with Gasteiger partial charge in [0.15, 0.2) is 0 Å². The zero-order valence-corrected chi connectivity index (χ0v) is 39.3. The summed E-state index contributed by atoms with van der Waals surface area (Å²) in [6, 6.07) is 31.2. The lowest BCUT2D eigenvalue weighted by Crippen LogP contribution is -2.36. The Morgan fingerprint density at radius 2 is 1.56 bits per heavy atom. The first kappa shape index (κ1) is 49.3. The molecule has 4 aromatic carbocycles. The Kier molecular flexibility index (Phi) is 17.9. The third-order valence-electron chi connectivity index (χ3n) is 10.8. The second-order valence-electron chi connectivity index (χ2n) is 16.1. The molecule has 1 aromatic heterocycles. The van der Waals surface area contributed by atoms with Crippen molar-refractivity contribution in [3.63, 3.8) is 0 Å². The lowest BCUT2D eigenvalue weighted by molar-refractivity contribution is -0.0646. The topological polar surface area (TPSA) is 164 Å². The number of rotatable bonds is 20. The summed E-state index contributed by atoms with van der Waals surface area (Å²) in [7, 11) is 1.57. The van der Waals surface area contributed by atoms with Gasteiger partial charge in [0.1, 0.15) is 36.0 Å². The number of aromatic amines is 1. The van der Waals surface area contributed by atoms with Crippen LogP contribution in [0.3, 0.4) is 0 Å². The zero-order chi connectivity index (χ0) is 47.2. The fraction of sp³-hybridized carbons (Fsp3) is 0.373. The van der Waals surface area contributed by atoms with Crippen LogP contribution in [0.5, 0.6) is 11.5 Å². The van der Waals surface area contributed by atoms with Gasteiger partial charge in [0, 0.05) is 31.1 Å². The number of hydrogen-bond donors (Lipinski definition) is 1. The first-order chi connectivity index (χ1) is 31.9. The number of nitrogens with one attached hydrogen (secondary N) is 1. The highest BCUT2D eigenvalue weighted by molar-refractivity contribution is 7.44. The van der Waals surface area contributed by atoms with Crippen LogP contribution in [0, 0.1) is 30.1 Å². The lowest BCUT2D eigenvalue weighted by Gasteiger charge is -2.37. The standard InChI is InChI=1S/C51H57N4O10P/c1-34(2)55(35(3)4)66(63-29-11-27-52)65-45-30-47(54-31-40(49(56)53-51(54)58)12-8-9-28-62-50(57)39-17-15-36(5)16-18-39)64-46(45)33-61-32-41-13-10-14-44(37-19-23-42(59-6)24-20-37)48(41)38-21-25-43(60-7)26-22-38/h10,13-26,31,34-35,45-47H,9,11,28-30,32-33H2,1-7H3,(H,53,56,58). The molecule has 0 aliphatic carbocycles. The SMILES string of the molecule is COc1ccc(-c2cccc(COCC3OC(n4cc(C#CCCOC(=O)c5ccc(C)cc5)c(=O)[nH]c4=O)CC3OP(OCCC#N)N(C(C)C)C(C)C)c2-c2ccc(OC)cc2)cc1. The molecule has 346 valence electrons. The fourth-order valence-corrected chi connectivity index (χ4v) is 9.33. The summed E-state index contributed by atoms with van der Waals surface area (Å²) in [5, 5.41) is 9.34. The van der Waals surface area contributed by atoms with Gasteiger partial charge in [0.25, 0.3) is 14.1 Å². The molecule has 1 saturated heterocycles. The van der Waals surface area contributed by atoms with Gasteiger partial charge in [-0.3, -0.25) is 14.3 Å². The highest BCUT2D eigenvalue weighted by Crippen LogP contribution is 2.50. The molecule has 6 rings (SSSR count). The van der Waals surface area contributed by atoms with E-state index in [9.17, 15) is 19.6 Å². The minimum atomic E-state index is -1.70. The molecular formula is C51H57N4O10P. The number of aryl methyl sites for hydroxylation is 1. The van der Waals surface area contributed by atoms with E-state index in [1.54, 1.807) is 26.4 Å². The first-order valence-electron chi connectivity index (χ1n) is 21.9. The normalized spacial score (nSPS) is 16.2. The van der Waals surface area contributed by atoms with Crippen molar-refractivity contribution in [2.24, 2.45) is 0 Å². The Balaban J connectivity index is 1.26. The van der Waals surface area contributed by atoms with Crippen LogP contribution in [0.2, 0.25) is 0 Å². The van der Waals surface area contributed by atoms with Crippen molar-refractivity contribution in [3.05, 3.63) is 140 Å². The van der Waals surface area contributed by atoms with E-state index in [2.05, 4.69) is 61.3 Å². The summed E-state index contributed by atoms with van der Waals surface area (Å²) >= 11 is 0. The Hall–Kier alpha value is -6.09. The Morgan fingerprint density at radius 3 is 2.20 bits per heavy atom.